The third kappa shape index (κ3) is 2.05. The predicted octanol–water partition coefficient (Wildman–Crippen LogP) is 2.33. The molecule has 6 heteroatoms. The largest absolute Gasteiger partial charge is 0.477 e. The molecule has 1 saturated carbocycles. The molecule has 0 aliphatic heterocycles. The Kier molecular flexibility index (Phi) is 2.65. The maximum absolute atomic E-state index is 13.2. The van der Waals surface area contributed by atoms with Gasteiger partial charge in [0, 0.05) is 19.0 Å². The smallest absolute Gasteiger partial charge is 0.354 e. The van der Waals surface area contributed by atoms with Gasteiger partial charge in [-0.05, 0) is 18.9 Å². The van der Waals surface area contributed by atoms with Gasteiger partial charge in [0.2, 0.25) is 5.92 Å². The highest BCUT2D eigenvalue weighted by atomic mass is 19.3. The molecule has 0 amide bonds. The van der Waals surface area contributed by atoms with Crippen LogP contribution in [0.4, 0.5) is 8.78 Å². The van der Waals surface area contributed by atoms with Crippen molar-refractivity contribution in [3.8, 4) is 0 Å². The van der Waals surface area contributed by atoms with Crippen LogP contribution < -0.4 is 0 Å². The van der Waals surface area contributed by atoms with E-state index in [-0.39, 0.29) is 18.5 Å². The fourth-order valence-electron chi connectivity index (χ4n) is 2.13. The maximum atomic E-state index is 13.2. The highest BCUT2D eigenvalue weighted by molar-refractivity contribution is 5.85. The first-order chi connectivity index (χ1) is 7.49. The van der Waals surface area contributed by atoms with Gasteiger partial charge in [-0.3, -0.25) is 4.68 Å². The average Bonchev–Trinajstić information content (AvgIpc) is 2.64. The van der Waals surface area contributed by atoms with E-state index in [1.165, 1.54) is 16.9 Å². The van der Waals surface area contributed by atoms with Crippen LogP contribution in [-0.2, 0) is 0 Å². The van der Waals surface area contributed by atoms with E-state index < -0.39 is 17.9 Å². The summed E-state index contributed by atoms with van der Waals surface area (Å²) in [6.45, 7) is 0. The fourth-order valence-corrected chi connectivity index (χ4v) is 2.13. The van der Waals surface area contributed by atoms with Crippen molar-refractivity contribution in [2.45, 2.75) is 37.6 Å². The number of aromatic nitrogens is 2. The van der Waals surface area contributed by atoms with Gasteiger partial charge >= 0.3 is 5.97 Å². The van der Waals surface area contributed by atoms with Gasteiger partial charge in [0.15, 0.2) is 0 Å². The molecule has 1 atom stereocenters. The molecule has 16 heavy (non-hydrogen) atoms. The predicted molar refractivity (Wildman–Crippen MR) is 51.6 cm³/mol. The second-order valence-electron chi connectivity index (χ2n) is 4.07. The van der Waals surface area contributed by atoms with E-state index in [0.29, 0.717) is 12.8 Å². The molecule has 0 radical (unpaired) electrons. The first-order valence-corrected chi connectivity index (χ1v) is 5.14. The first-order valence-electron chi connectivity index (χ1n) is 5.14. The molecule has 0 aromatic carbocycles. The minimum atomic E-state index is -2.70. The number of aromatic carboxylic acids is 1. The molecule has 1 aromatic rings. The van der Waals surface area contributed by atoms with Crippen LogP contribution in [-0.4, -0.2) is 26.8 Å². The highest BCUT2D eigenvalue weighted by Gasteiger charge is 2.38. The van der Waals surface area contributed by atoms with E-state index in [4.69, 9.17) is 5.11 Å². The van der Waals surface area contributed by atoms with Crippen molar-refractivity contribution >= 4 is 5.97 Å². The van der Waals surface area contributed by atoms with E-state index in [9.17, 15) is 13.6 Å². The van der Waals surface area contributed by atoms with Crippen molar-refractivity contribution < 1.29 is 18.7 Å². The van der Waals surface area contributed by atoms with Crippen molar-refractivity contribution in [2.75, 3.05) is 0 Å². The molecule has 1 aromatic heterocycles. The van der Waals surface area contributed by atoms with Gasteiger partial charge in [0.1, 0.15) is 5.69 Å². The van der Waals surface area contributed by atoms with E-state index >= 15 is 0 Å². The van der Waals surface area contributed by atoms with Crippen LogP contribution in [0.15, 0.2) is 12.3 Å². The lowest BCUT2D eigenvalue weighted by Gasteiger charge is -2.29. The molecular formula is C10H12F2N2O2. The molecule has 1 unspecified atom stereocenters. The van der Waals surface area contributed by atoms with Crippen LogP contribution in [0.1, 0.15) is 42.2 Å². The second kappa shape index (κ2) is 3.84. The number of nitrogens with zero attached hydrogens (tertiary/aromatic N) is 2. The normalized spacial score (nSPS) is 24.2. The monoisotopic (exact) mass is 230 g/mol. The Bertz CT molecular complexity index is 403. The zero-order valence-corrected chi connectivity index (χ0v) is 8.57. The SMILES string of the molecule is O=C(O)c1ccnn1C1CCCC(F)(F)C1. The molecule has 1 heterocycles. The summed E-state index contributed by atoms with van der Waals surface area (Å²) >= 11 is 0. The lowest BCUT2D eigenvalue weighted by Crippen LogP contribution is -2.29. The van der Waals surface area contributed by atoms with E-state index in [1.807, 2.05) is 0 Å². The Morgan fingerprint density at radius 3 is 3.00 bits per heavy atom. The average molecular weight is 230 g/mol. The molecule has 1 N–H and O–H groups in total. The van der Waals surface area contributed by atoms with Gasteiger partial charge in [0.05, 0.1) is 6.04 Å². The number of alkyl halides is 2. The van der Waals surface area contributed by atoms with Gasteiger partial charge in [-0.25, -0.2) is 13.6 Å². The quantitative estimate of drug-likeness (QED) is 0.848. The zero-order valence-electron chi connectivity index (χ0n) is 8.57. The molecule has 0 saturated heterocycles. The van der Waals surface area contributed by atoms with E-state index in [2.05, 4.69) is 5.10 Å². The standard InChI is InChI=1S/C10H12F2N2O2/c11-10(12)4-1-2-7(6-10)14-8(9(15)16)3-5-13-14/h3,5,7H,1-2,4,6H2,(H,15,16). The number of rotatable bonds is 2. The summed E-state index contributed by atoms with van der Waals surface area (Å²) in [5, 5.41) is 12.7. The lowest BCUT2D eigenvalue weighted by atomic mass is 9.92. The van der Waals surface area contributed by atoms with Crippen molar-refractivity contribution in [1.82, 2.24) is 9.78 Å². The van der Waals surface area contributed by atoms with Crippen LogP contribution in [0.5, 0.6) is 0 Å². The van der Waals surface area contributed by atoms with Crippen LogP contribution in [0.3, 0.4) is 0 Å². The van der Waals surface area contributed by atoms with Crippen molar-refractivity contribution in [3.63, 3.8) is 0 Å². The van der Waals surface area contributed by atoms with Crippen molar-refractivity contribution in [2.24, 2.45) is 0 Å². The van der Waals surface area contributed by atoms with Crippen LogP contribution in [0, 0.1) is 0 Å². The summed E-state index contributed by atoms with van der Waals surface area (Å²) < 4.78 is 27.6. The number of carboxylic acid groups (broad SMARTS) is 1. The minimum Gasteiger partial charge on any atom is -0.477 e. The Morgan fingerprint density at radius 1 is 1.62 bits per heavy atom. The number of carbonyl (C=O) groups is 1. The molecule has 1 aliphatic carbocycles. The summed E-state index contributed by atoms with van der Waals surface area (Å²) in [5.74, 6) is -3.84. The summed E-state index contributed by atoms with van der Waals surface area (Å²) in [5.41, 5.74) is -0.0253. The van der Waals surface area contributed by atoms with Gasteiger partial charge in [0.25, 0.3) is 0 Å². The number of halogens is 2. The Morgan fingerprint density at radius 2 is 2.38 bits per heavy atom. The molecule has 0 spiro atoms. The lowest BCUT2D eigenvalue weighted by molar-refractivity contribution is -0.0516. The van der Waals surface area contributed by atoms with Crippen LogP contribution in [0.25, 0.3) is 0 Å². The molecule has 88 valence electrons. The fraction of sp³-hybridized carbons (Fsp3) is 0.600. The van der Waals surface area contributed by atoms with Crippen molar-refractivity contribution in [3.05, 3.63) is 18.0 Å². The third-order valence-corrected chi connectivity index (χ3v) is 2.85. The Labute approximate surface area is 90.9 Å². The summed E-state index contributed by atoms with van der Waals surface area (Å²) in [6, 6.07) is 0.819. The molecule has 0 bridgehead atoms. The van der Waals surface area contributed by atoms with Gasteiger partial charge in [-0.1, -0.05) is 0 Å². The van der Waals surface area contributed by atoms with Gasteiger partial charge in [-0.2, -0.15) is 5.10 Å². The summed E-state index contributed by atoms with van der Waals surface area (Å²) in [7, 11) is 0. The maximum Gasteiger partial charge on any atom is 0.354 e. The van der Waals surface area contributed by atoms with Gasteiger partial charge in [-0.15, -0.1) is 0 Å². The van der Waals surface area contributed by atoms with Crippen LogP contribution in [0.2, 0.25) is 0 Å². The van der Waals surface area contributed by atoms with E-state index in [1.54, 1.807) is 0 Å². The topological polar surface area (TPSA) is 55.1 Å². The number of hydrogen-bond donors (Lipinski definition) is 1. The van der Waals surface area contributed by atoms with Gasteiger partial charge < -0.3 is 5.11 Å². The molecular weight excluding hydrogens is 218 g/mol. The number of carboxylic acids is 1. The Hall–Kier alpha value is -1.46. The van der Waals surface area contributed by atoms with E-state index in [0.717, 1.165) is 0 Å². The zero-order chi connectivity index (χ0) is 11.8. The molecule has 4 nitrogen and oxygen atoms in total. The Balaban J connectivity index is 2.23. The molecule has 1 aliphatic rings. The first kappa shape index (κ1) is 11.0. The minimum absolute atomic E-state index is 0.0253. The second-order valence-corrected chi connectivity index (χ2v) is 4.07. The molecule has 1 fully saturated rings. The molecule has 2 rings (SSSR count). The summed E-state index contributed by atoms with van der Waals surface area (Å²) in [4.78, 5) is 10.8. The highest BCUT2D eigenvalue weighted by Crippen LogP contribution is 2.39. The van der Waals surface area contributed by atoms with Crippen LogP contribution >= 0.6 is 0 Å². The van der Waals surface area contributed by atoms with Crippen molar-refractivity contribution in [1.29, 1.82) is 0 Å². The number of hydrogen-bond acceptors (Lipinski definition) is 2. The summed E-state index contributed by atoms with van der Waals surface area (Å²) in [6.07, 6.45) is 1.84. The third-order valence-electron chi connectivity index (χ3n) is 2.85.